The molecule has 0 aromatic carbocycles. The van der Waals surface area contributed by atoms with Gasteiger partial charge in [0.05, 0.1) is 18.1 Å². The number of nitrogens with zero attached hydrogens (tertiary/aromatic N) is 1. The first-order chi connectivity index (χ1) is 7.11. The third kappa shape index (κ3) is 2.42. The average Bonchev–Trinajstić information content (AvgIpc) is 2.18. The highest BCUT2D eigenvalue weighted by Gasteiger charge is 2.19. The molecule has 15 heavy (non-hydrogen) atoms. The molecule has 1 N–H and O–H groups in total. The van der Waals surface area contributed by atoms with Gasteiger partial charge in [0.2, 0.25) is 0 Å². The summed E-state index contributed by atoms with van der Waals surface area (Å²) in [6.45, 7) is 0. The van der Waals surface area contributed by atoms with Crippen molar-refractivity contribution in [3.05, 3.63) is 33.2 Å². The molecule has 0 aliphatic rings. The monoisotopic (exact) mass is 276 g/mol. The van der Waals surface area contributed by atoms with Gasteiger partial charge in [-0.25, -0.2) is 8.78 Å². The van der Waals surface area contributed by atoms with Gasteiger partial charge >= 0.3 is 0 Å². The smallest absolute Gasteiger partial charge is 0.269 e. The van der Waals surface area contributed by atoms with Crippen molar-refractivity contribution in [3.63, 3.8) is 0 Å². The molecule has 0 atom stereocenters. The molecule has 0 fully saturated rings. The zero-order valence-corrected chi connectivity index (χ0v) is 9.14. The van der Waals surface area contributed by atoms with E-state index in [2.05, 4.69) is 20.9 Å². The second-order valence-electron chi connectivity index (χ2n) is 2.80. The van der Waals surface area contributed by atoms with Gasteiger partial charge in [0, 0.05) is 11.5 Å². The minimum atomic E-state index is -2.86. The summed E-state index contributed by atoms with van der Waals surface area (Å²) in [6, 6.07) is 1.77. The zero-order chi connectivity index (χ0) is 11.4. The van der Waals surface area contributed by atoms with Gasteiger partial charge in [-0.1, -0.05) is 15.9 Å². The molecule has 0 unspecified atom stereocenters. The Labute approximate surface area is 92.9 Å². The standard InChI is InChI=1S/C9H7BrF2N2O/c10-3-5-4-14-9(15)7(8(11)12)6(5)1-2-13/h4,8H,1,3H2,(H,14,15). The number of hydrogen-bond acceptors (Lipinski definition) is 2. The molecule has 0 spiro atoms. The van der Waals surface area contributed by atoms with Gasteiger partial charge in [0.1, 0.15) is 0 Å². The number of H-pyrrole nitrogens is 1. The second kappa shape index (κ2) is 5.03. The molecule has 6 heteroatoms. The van der Waals surface area contributed by atoms with Crippen molar-refractivity contribution in [2.75, 3.05) is 0 Å². The normalized spacial score (nSPS) is 10.3. The number of nitriles is 1. The van der Waals surface area contributed by atoms with Crippen molar-refractivity contribution in [3.8, 4) is 6.07 Å². The fraction of sp³-hybridized carbons (Fsp3) is 0.333. The lowest BCUT2D eigenvalue weighted by Gasteiger charge is -2.08. The van der Waals surface area contributed by atoms with E-state index in [1.54, 1.807) is 6.07 Å². The fourth-order valence-corrected chi connectivity index (χ4v) is 1.77. The summed E-state index contributed by atoms with van der Waals surface area (Å²) < 4.78 is 25.2. The van der Waals surface area contributed by atoms with Crippen LogP contribution in [0.25, 0.3) is 0 Å². The molecular formula is C9H7BrF2N2O. The van der Waals surface area contributed by atoms with Crippen LogP contribution in [0.15, 0.2) is 11.0 Å². The van der Waals surface area contributed by atoms with E-state index in [4.69, 9.17) is 5.26 Å². The fourth-order valence-electron chi connectivity index (χ4n) is 1.27. The number of hydrogen-bond donors (Lipinski definition) is 1. The molecule has 0 saturated heterocycles. The molecule has 1 heterocycles. The third-order valence-corrected chi connectivity index (χ3v) is 2.56. The highest BCUT2D eigenvalue weighted by molar-refractivity contribution is 9.08. The summed E-state index contributed by atoms with van der Waals surface area (Å²) in [5.41, 5.74) is -0.812. The van der Waals surface area contributed by atoms with Crippen LogP contribution < -0.4 is 5.56 Å². The summed E-state index contributed by atoms with van der Waals surface area (Å²) >= 11 is 3.11. The van der Waals surface area contributed by atoms with Gasteiger partial charge in [0.15, 0.2) is 0 Å². The highest BCUT2D eigenvalue weighted by Crippen LogP contribution is 2.23. The van der Waals surface area contributed by atoms with Gasteiger partial charge in [-0.3, -0.25) is 4.79 Å². The molecular weight excluding hydrogens is 270 g/mol. The van der Waals surface area contributed by atoms with Crippen LogP contribution in [0.2, 0.25) is 0 Å². The Balaban J connectivity index is 3.45. The number of rotatable bonds is 3. The average molecular weight is 277 g/mol. The van der Waals surface area contributed by atoms with Crippen LogP contribution in [-0.4, -0.2) is 4.98 Å². The van der Waals surface area contributed by atoms with Crippen LogP contribution in [0.1, 0.15) is 23.1 Å². The SMILES string of the molecule is N#CCc1c(CBr)c[nH]c(=O)c1C(F)F. The predicted molar refractivity (Wildman–Crippen MR) is 54.0 cm³/mol. The number of aromatic nitrogens is 1. The summed E-state index contributed by atoms with van der Waals surface area (Å²) in [6.07, 6.45) is -1.71. The second-order valence-corrected chi connectivity index (χ2v) is 3.37. The molecule has 1 aromatic rings. The van der Waals surface area contributed by atoms with E-state index in [0.717, 1.165) is 0 Å². The quantitative estimate of drug-likeness (QED) is 0.861. The van der Waals surface area contributed by atoms with Crippen LogP contribution in [0.3, 0.4) is 0 Å². The van der Waals surface area contributed by atoms with Gasteiger partial charge in [0.25, 0.3) is 12.0 Å². The van der Waals surface area contributed by atoms with E-state index in [1.807, 2.05) is 0 Å². The summed E-state index contributed by atoms with van der Waals surface area (Å²) in [7, 11) is 0. The first-order valence-corrected chi connectivity index (χ1v) is 5.18. The largest absolute Gasteiger partial charge is 0.328 e. The minimum absolute atomic E-state index is 0.119. The Morgan fingerprint density at radius 3 is 2.73 bits per heavy atom. The molecule has 1 rings (SSSR count). The summed E-state index contributed by atoms with van der Waals surface area (Å²) in [5.74, 6) is 0. The zero-order valence-electron chi connectivity index (χ0n) is 7.56. The summed E-state index contributed by atoms with van der Waals surface area (Å²) in [5, 5.41) is 8.83. The van der Waals surface area contributed by atoms with Crippen LogP contribution in [0.5, 0.6) is 0 Å². The van der Waals surface area contributed by atoms with Crippen molar-refractivity contribution < 1.29 is 8.78 Å². The third-order valence-electron chi connectivity index (χ3n) is 1.95. The van der Waals surface area contributed by atoms with E-state index in [9.17, 15) is 13.6 Å². The number of pyridine rings is 1. The van der Waals surface area contributed by atoms with E-state index < -0.39 is 17.5 Å². The Morgan fingerprint density at radius 2 is 2.27 bits per heavy atom. The van der Waals surface area contributed by atoms with Crippen LogP contribution in [0.4, 0.5) is 8.78 Å². The number of nitrogens with one attached hydrogen (secondary N) is 1. The Hall–Kier alpha value is -1.22. The molecule has 0 radical (unpaired) electrons. The molecule has 0 aliphatic heterocycles. The first kappa shape index (κ1) is 11.9. The van der Waals surface area contributed by atoms with Crippen molar-refractivity contribution in [1.29, 1.82) is 5.26 Å². The van der Waals surface area contributed by atoms with Crippen LogP contribution in [0, 0.1) is 11.3 Å². The van der Waals surface area contributed by atoms with Crippen molar-refractivity contribution in [2.24, 2.45) is 0 Å². The molecule has 0 bridgehead atoms. The first-order valence-electron chi connectivity index (χ1n) is 4.06. The van der Waals surface area contributed by atoms with Gasteiger partial charge in [-0.05, 0) is 11.1 Å². The molecule has 0 aliphatic carbocycles. The molecule has 0 amide bonds. The van der Waals surface area contributed by atoms with E-state index >= 15 is 0 Å². The number of halogens is 3. The lowest BCUT2D eigenvalue weighted by Crippen LogP contribution is -2.17. The van der Waals surface area contributed by atoms with Gasteiger partial charge < -0.3 is 4.98 Å². The van der Waals surface area contributed by atoms with E-state index in [-0.39, 0.29) is 12.0 Å². The lowest BCUT2D eigenvalue weighted by atomic mass is 10.0. The summed E-state index contributed by atoms with van der Waals surface area (Å²) in [4.78, 5) is 13.4. The topological polar surface area (TPSA) is 56.6 Å². The van der Waals surface area contributed by atoms with Crippen molar-refractivity contribution in [2.45, 2.75) is 18.2 Å². The number of aromatic amines is 1. The molecule has 3 nitrogen and oxygen atoms in total. The lowest BCUT2D eigenvalue weighted by molar-refractivity contribution is 0.148. The molecule has 80 valence electrons. The molecule has 0 saturated carbocycles. The highest BCUT2D eigenvalue weighted by atomic mass is 79.9. The predicted octanol–water partition coefficient (Wildman–Crippen LogP) is 2.27. The Bertz CT molecular complexity index is 450. The number of alkyl halides is 3. The van der Waals surface area contributed by atoms with Crippen molar-refractivity contribution in [1.82, 2.24) is 4.98 Å². The molecule has 1 aromatic heterocycles. The van der Waals surface area contributed by atoms with Crippen LogP contribution in [-0.2, 0) is 11.8 Å². The maximum Gasteiger partial charge on any atom is 0.269 e. The van der Waals surface area contributed by atoms with E-state index in [1.165, 1.54) is 6.20 Å². The van der Waals surface area contributed by atoms with Gasteiger partial charge in [-0.15, -0.1) is 0 Å². The van der Waals surface area contributed by atoms with Crippen molar-refractivity contribution >= 4 is 15.9 Å². The van der Waals surface area contributed by atoms with Gasteiger partial charge in [-0.2, -0.15) is 5.26 Å². The minimum Gasteiger partial charge on any atom is -0.328 e. The maximum atomic E-state index is 12.6. The van der Waals surface area contributed by atoms with Crippen LogP contribution >= 0.6 is 15.9 Å². The maximum absolute atomic E-state index is 12.6. The Morgan fingerprint density at radius 1 is 1.60 bits per heavy atom. The van der Waals surface area contributed by atoms with E-state index in [0.29, 0.717) is 10.9 Å². The Kier molecular flexibility index (Phi) is 3.97.